The van der Waals surface area contributed by atoms with E-state index in [-0.39, 0.29) is 0 Å². The molecular formula is C35H23N3. The van der Waals surface area contributed by atoms with Gasteiger partial charge < -0.3 is 13.4 Å². The Bertz CT molecular complexity index is 2270. The first kappa shape index (κ1) is 20.1. The maximum atomic E-state index is 2.47. The van der Waals surface area contributed by atoms with Crippen molar-refractivity contribution in [2.45, 2.75) is 0 Å². The molecule has 0 aliphatic rings. The average Bonchev–Trinajstić information content (AvgIpc) is 3.59. The fourth-order valence-corrected chi connectivity index (χ4v) is 6.71. The Morgan fingerprint density at radius 3 is 1.32 bits per heavy atom. The van der Waals surface area contributed by atoms with Gasteiger partial charge in [0.2, 0.25) is 0 Å². The number of aromatic nitrogens is 3. The van der Waals surface area contributed by atoms with Crippen LogP contribution < -0.4 is 0 Å². The smallest absolute Gasteiger partial charge is 0.0972 e. The van der Waals surface area contributed by atoms with Gasteiger partial charge in [0.05, 0.1) is 33.1 Å². The van der Waals surface area contributed by atoms with E-state index in [4.69, 9.17) is 0 Å². The first-order valence-electron chi connectivity index (χ1n) is 13.1. The summed E-state index contributed by atoms with van der Waals surface area (Å²) in [7, 11) is 2.22. The van der Waals surface area contributed by atoms with Crippen LogP contribution in [-0.2, 0) is 7.05 Å². The van der Waals surface area contributed by atoms with E-state index >= 15 is 0 Å². The SMILES string of the molecule is Cn1c2c3ccccc3n3c4cccc(c4)c4ccc(cc4)c4cccc(c4)n4c5ccccc5c1c4c23. The minimum absolute atomic E-state index is 1.17. The lowest BCUT2D eigenvalue weighted by Crippen LogP contribution is -1.88. The number of fused-ring (bicyclic) bond motifs is 6. The summed E-state index contributed by atoms with van der Waals surface area (Å²) < 4.78 is 7.34. The van der Waals surface area contributed by atoms with Gasteiger partial charge in [-0.1, -0.05) is 84.9 Å². The lowest BCUT2D eigenvalue weighted by atomic mass is 10.1. The van der Waals surface area contributed by atoms with Crippen molar-refractivity contribution in [1.82, 2.24) is 13.4 Å². The van der Waals surface area contributed by atoms with Gasteiger partial charge in [0.15, 0.2) is 0 Å². The summed E-state index contributed by atoms with van der Waals surface area (Å²) in [5, 5.41) is 7.43. The van der Waals surface area contributed by atoms with Crippen LogP contribution in [-0.4, -0.2) is 13.4 Å². The van der Waals surface area contributed by atoms with Gasteiger partial charge >= 0.3 is 0 Å². The zero-order valence-corrected chi connectivity index (χ0v) is 20.9. The summed E-state index contributed by atoms with van der Waals surface area (Å²) >= 11 is 0. The van der Waals surface area contributed by atoms with E-state index < -0.39 is 0 Å². The maximum absolute atomic E-state index is 2.47. The largest absolute Gasteiger partial charge is 0.340 e. The Morgan fingerprint density at radius 2 is 0.842 bits per heavy atom. The van der Waals surface area contributed by atoms with Crippen molar-refractivity contribution in [3.8, 4) is 0 Å². The highest BCUT2D eigenvalue weighted by Crippen LogP contribution is 2.41. The third-order valence-electron chi connectivity index (χ3n) is 8.35. The molecule has 0 unspecified atom stereocenters. The van der Waals surface area contributed by atoms with E-state index in [0.717, 1.165) is 0 Å². The van der Waals surface area contributed by atoms with Crippen LogP contribution >= 0.6 is 0 Å². The van der Waals surface area contributed by atoms with Gasteiger partial charge in [-0.15, -0.1) is 0 Å². The Kier molecular flexibility index (Phi) is 3.73. The molecule has 0 saturated carbocycles. The van der Waals surface area contributed by atoms with Crippen molar-refractivity contribution in [3.05, 3.63) is 121 Å². The topological polar surface area (TPSA) is 13.8 Å². The minimum atomic E-state index is 1.17. The highest BCUT2D eigenvalue weighted by molar-refractivity contribution is 6.24. The minimum Gasteiger partial charge on any atom is -0.340 e. The van der Waals surface area contributed by atoms with Crippen LogP contribution in [0, 0.1) is 0 Å². The summed E-state index contributed by atoms with van der Waals surface area (Å²) in [6, 6.07) is 44.5. The predicted molar refractivity (Wildman–Crippen MR) is 161 cm³/mol. The van der Waals surface area contributed by atoms with E-state index in [2.05, 4.69) is 142 Å². The molecule has 5 aromatic carbocycles. The number of nitrogens with zero attached hydrogens (tertiary/aromatic N) is 3. The molecule has 0 amide bonds. The molecule has 5 heterocycles. The van der Waals surface area contributed by atoms with Crippen molar-refractivity contribution < 1.29 is 0 Å². The Balaban J connectivity index is 1.75. The standard InChI is InChI=1S/C35H23N3/c1-36-32-28-12-2-4-14-30(28)37-26-10-6-8-24(20-26)22-16-18-23(19-17-22)25-9-7-11-27(21-25)38-31-15-5-3-13-29(31)33(36)35(38)34(32)37/h2-21H,1H3. The van der Waals surface area contributed by atoms with Gasteiger partial charge in [-0.3, -0.25) is 0 Å². The normalized spacial score (nSPS) is 12.3. The summed E-state index contributed by atoms with van der Waals surface area (Å²) in [4.78, 5) is 0. The molecule has 3 heteroatoms. The molecule has 10 rings (SSSR count). The Labute approximate surface area is 218 Å². The van der Waals surface area contributed by atoms with Crippen LogP contribution in [0.15, 0.2) is 121 Å². The van der Waals surface area contributed by atoms with Crippen LogP contribution in [0.1, 0.15) is 0 Å². The fourth-order valence-electron chi connectivity index (χ4n) is 6.71. The zero-order chi connectivity index (χ0) is 25.0. The van der Waals surface area contributed by atoms with Gasteiger partial charge in [0.1, 0.15) is 0 Å². The molecule has 0 saturated heterocycles. The first-order valence-corrected chi connectivity index (χ1v) is 13.1. The Morgan fingerprint density at radius 1 is 0.395 bits per heavy atom. The van der Waals surface area contributed by atoms with Crippen molar-refractivity contribution >= 4 is 76.5 Å². The van der Waals surface area contributed by atoms with Crippen molar-refractivity contribution in [1.29, 1.82) is 0 Å². The van der Waals surface area contributed by atoms with E-state index in [0.29, 0.717) is 0 Å². The molecule has 178 valence electrons. The summed E-state index contributed by atoms with van der Waals surface area (Å²) in [5.74, 6) is 0. The fraction of sp³-hybridized carbons (Fsp3) is 0.0286. The van der Waals surface area contributed by atoms with E-state index in [1.54, 1.807) is 0 Å². The molecule has 0 radical (unpaired) electrons. The highest BCUT2D eigenvalue weighted by Gasteiger charge is 2.22. The van der Waals surface area contributed by atoms with Gasteiger partial charge in [0.25, 0.3) is 0 Å². The number of benzene rings is 5. The Hall–Kier alpha value is -5.02. The number of rotatable bonds is 0. The maximum Gasteiger partial charge on any atom is 0.0972 e. The van der Waals surface area contributed by atoms with Crippen LogP contribution in [0.5, 0.6) is 0 Å². The molecule has 0 aliphatic heterocycles. The molecule has 38 heavy (non-hydrogen) atoms. The second-order valence-electron chi connectivity index (χ2n) is 10.3. The second kappa shape index (κ2) is 7.05. The first-order chi connectivity index (χ1) is 18.8. The number of para-hydroxylation sites is 2. The molecule has 0 N–H and O–H groups in total. The molecule has 0 atom stereocenters. The highest BCUT2D eigenvalue weighted by atomic mass is 15.1. The molecule has 0 aliphatic carbocycles. The van der Waals surface area contributed by atoms with Crippen LogP contribution in [0.3, 0.4) is 0 Å². The molecule has 5 aromatic heterocycles. The number of hydrogen-bond donors (Lipinski definition) is 0. The van der Waals surface area contributed by atoms with Crippen LogP contribution in [0.4, 0.5) is 0 Å². The molecule has 6 bridgehead atoms. The van der Waals surface area contributed by atoms with E-state index in [1.807, 2.05) is 0 Å². The third kappa shape index (κ3) is 2.43. The third-order valence-corrected chi connectivity index (χ3v) is 8.35. The zero-order valence-electron chi connectivity index (χ0n) is 20.9. The van der Waals surface area contributed by atoms with Crippen LogP contribution in [0.2, 0.25) is 0 Å². The number of hydrogen-bond acceptors (Lipinski definition) is 0. The van der Waals surface area contributed by atoms with Gasteiger partial charge in [0, 0.05) is 28.9 Å². The second-order valence-corrected chi connectivity index (χ2v) is 10.3. The van der Waals surface area contributed by atoms with Gasteiger partial charge in [-0.2, -0.15) is 0 Å². The molecule has 0 spiro atoms. The van der Waals surface area contributed by atoms with Crippen molar-refractivity contribution in [2.24, 2.45) is 7.05 Å². The monoisotopic (exact) mass is 485 g/mol. The number of aryl methyl sites for hydroxylation is 1. The molecule has 10 aromatic rings. The quantitative estimate of drug-likeness (QED) is 0.203. The van der Waals surface area contributed by atoms with E-state index in [1.165, 1.54) is 76.5 Å². The summed E-state index contributed by atoms with van der Waals surface area (Å²) in [5.41, 5.74) is 9.81. The van der Waals surface area contributed by atoms with E-state index in [9.17, 15) is 0 Å². The van der Waals surface area contributed by atoms with Gasteiger partial charge in [-0.05, 0) is 57.9 Å². The van der Waals surface area contributed by atoms with Crippen molar-refractivity contribution in [3.63, 3.8) is 0 Å². The molecule has 3 nitrogen and oxygen atoms in total. The van der Waals surface area contributed by atoms with Crippen molar-refractivity contribution in [2.75, 3.05) is 0 Å². The summed E-state index contributed by atoms with van der Waals surface area (Å²) in [6.45, 7) is 0. The average molecular weight is 486 g/mol. The summed E-state index contributed by atoms with van der Waals surface area (Å²) in [6.07, 6.45) is 0. The van der Waals surface area contributed by atoms with Crippen LogP contribution in [0.25, 0.3) is 76.5 Å². The lowest BCUT2D eigenvalue weighted by Gasteiger charge is -2.04. The lowest BCUT2D eigenvalue weighted by molar-refractivity contribution is 1.02. The molecular weight excluding hydrogens is 462 g/mol. The van der Waals surface area contributed by atoms with Gasteiger partial charge in [-0.25, -0.2) is 0 Å². The predicted octanol–water partition coefficient (Wildman–Crippen LogP) is 9.01. The molecule has 0 fully saturated rings.